The number of rotatable bonds is 6. The molecule has 0 amide bonds. The minimum Gasteiger partial charge on any atom is -0.326 e. The fraction of sp³-hybridized carbons (Fsp3) is 0.455. The molecule has 1 aromatic carbocycles. The molecule has 0 radical (unpaired) electrons. The van der Waals surface area contributed by atoms with Crippen LogP contribution in [0.25, 0.3) is 0 Å². The van der Waals surface area contributed by atoms with Crippen LogP contribution in [0, 0.1) is 5.82 Å². The van der Waals surface area contributed by atoms with Crippen LogP contribution in [0.4, 0.5) is 4.39 Å². The first-order valence-corrected chi connectivity index (χ1v) is 8.67. The molecular formula is C11H16ClFN2O2S2. The van der Waals surface area contributed by atoms with Crippen LogP contribution in [-0.2, 0) is 16.6 Å². The zero-order chi connectivity index (χ0) is 14.6. The largest absolute Gasteiger partial charge is 0.326 e. The highest BCUT2D eigenvalue weighted by molar-refractivity contribution is 7.99. The van der Waals surface area contributed by atoms with Gasteiger partial charge in [0.05, 0.1) is 0 Å². The van der Waals surface area contributed by atoms with E-state index in [1.807, 2.05) is 13.2 Å². The van der Waals surface area contributed by atoms with E-state index in [0.717, 1.165) is 6.07 Å². The Kier molecular flexibility index (Phi) is 6.07. The van der Waals surface area contributed by atoms with Gasteiger partial charge < -0.3 is 5.73 Å². The number of hydrogen-bond donors (Lipinski definition) is 2. The fourth-order valence-corrected chi connectivity index (χ4v) is 3.29. The molecule has 4 nitrogen and oxygen atoms in total. The molecule has 8 heteroatoms. The minimum absolute atomic E-state index is 0.0748. The van der Waals surface area contributed by atoms with Gasteiger partial charge in [-0.05, 0) is 18.4 Å². The van der Waals surface area contributed by atoms with E-state index in [2.05, 4.69) is 4.72 Å². The zero-order valence-corrected chi connectivity index (χ0v) is 13.0. The van der Waals surface area contributed by atoms with Gasteiger partial charge in [0.1, 0.15) is 10.7 Å². The molecule has 0 aliphatic rings. The van der Waals surface area contributed by atoms with Gasteiger partial charge in [-0.25, -0.2) is 17.5 Å². The van der Waals surface area contributed by atoms with E-state index in [-0.39, 0.29) is 28.9 Å². The third kappa shape index (κ3) is 4.32. The lowest BCUT2D eigenvalue weighted by Gasteiger charge is -2.13. The van der Waals surface area contributed by atoms with Crippen LogP contribution in [0.3, 0.4) is 0 Å². The van der Waals surface area contributed by atoms with Crippen molar-refractivity contribution >= 4 is 33.4 Å². The van der Waals surface area contributed by atoms with Gasteiger partial charge in [-0.2, -0.15) is 11.8 Å². The summed E-state index contributed by atoms with van der Waals surface area (Å²) < 4.78 is 40.4. The Morgan fingerprint density at radius 1 is 1.53 bits per heavy atom. The Morgan fingerprint density at radius 2 is 2.16 bits per heavy atom. The molecule has 0 aliphatic heterocycles. The lowest BCUT2D eigenvalue weighted by molar-refractivity contribution is 0.550. The summed E-state index contributed by atoms with van der Waals surface area (Å²) >= 11 is 7.29. The van der Waals surface area contributed by atoms with Crippen LogP contribution in [-0.4, -0.2) is 26.5 Å². The second kappa shape index (κ2) is 6.90. The monoisotopic (exact) mass is 326 g/mol. The van der Waals surface area contributed by atoms with Gasteiger partial charge in [0.15, 0.2) is 0 Å². The lowest BCUT2D eigenvalue weighted by Crippen LogP contribution is -2.30. The number of nitrogens with two attached hydrogens (primary N) is 1. The summed E-state index contributed by atoms with van der Waals surface area (Å²) in [6.45, 7) is 1.97. The second-order valence-electron chi connectivity index (χ2n) is 3.98. The van der Waals surface area contributed by atoms with Crippen molar-refractivity contribution in [3.8, 4) is 0 Å². The highest BCUT2D eigenvalue weighted by atomic mass is 35.5. The van der Waals surface area contributed by atoms with Gasteiger partial charge in [0.25, 0.3) is 0 Å². The predicted molar refractivity (Wildman–Crippen MR) is 77.5 cm³/mol. The van der Waals surface area contributed by atoms with E-state index in [0.29, 0.717) is 0 Å². The molecule has 0 heterocycles. The van der Waals surface area contributed by atoms with Crippen LogP contribution in [0.5, 0.6) is 0 Å². The molecule has 3 N–H and O–H groups in total. The van der Waals surface area contributed by atoms with Crippen molar-refractivity contribution in [1.82, 2.24) is 4.72 Å². The number of halogens is 2. The van der Waals surface area contributed by atoms with Crippen LogP contribution >= 0.6 is 23.4 Å². The van der Waals surface area contributed by atoms with E-state index in [1.165, 1.54) is 17.8 Å². The van der Waals surface area contributed by atoms with Crippen molar-refractivity contribution in [3.63, 3.8) is 0 Å². The van der Waals surface area contributed by atoms with Crippen LogP contribution in [0.15, 0.2) is 17.0 Å². The zero-order valence-electron chi connectivity index (χ0n) is 10.6. The first-order chi connectivity index (χ1) is 8.81. The third-order valence-corrected chi connectivity index (χ3v) is 5.16. The molecule has 1 aromatic rings. The molecule has 1 rings (SSSR count). The van der Waals surface area contributed by atoms with Gasteiger partial charge in [0.2, 0.25) is 10.0 Å². The first kappa shape index (κ1) is 16.7. The van der Waals surface area contributed by atoms with Gasteiger partial charge >= 0.3 is 0 Å². The number of nitrogens with one attached hydrogen (secondary N) is 1. The SMILES string of the molecule is CSC(C)CNS(=O)(=O)c1cc(Cl)cc(CN)c1F. The van der Waals surface area contributed by atoms with Gasteiger partial charge in [-0.15, -0.1) is 0 Å². The Hall–Kier alpha value is -0.340. The van der Waals surface area contributed by atoms with Crippen LogP contribution in [0.2, 0.25) is 5.02 Å². The van der Waals surface area contributed by atoms with Crippen molar-refractivity contribution < 1.29 is 12.8 Å². The number of hydrogen-bond acceptors (Lipinski definition) is 4. The normalized spacial score (nSPS) is 13.5. The van der Waals surface area contributed by atoms with E-state index in [4.69, 9.17) is 17.3 Å². The van der Waals surface area contributed by atoms with Gasteiger partial charge in [-0.1, -0.05) is 18.5 Å². The maximum Gasteiger partial charge on any atom is 0.243 e. The maximum absolute atomic E-state index is 14.0. The topological polar surface area (TPSA) is 72.2 Å². The fourth-order valence-electron chi connectivity index (χ4n) is 1.35. The summed E-state index contributed by atoms with van der Waals surface area (Å²) in [5.41, 5.74) is 5.43. The highest BCUT2D eigenvalue weighted by Gasteiger charge is 2.22. The van der Waals surface area contributed by atoms with Gasteiger partial charge in [-0.3, -0.25) is 0 Å². The van der Waals surface area contributed by atoms with Crippen molar-refractivity contribution in [3.05, 3.63) is 28.5 Å². The second-order valence-corrected chi connectivity index (χ2v) is 7.43. The summed E-state index contributed by atoms with van der Waals surface area (Å²) in [7, 11) is -3.93. The molecule has 0 bridgehead atoms. The minimum atomic E-state index is -3.93. The Balaban J connectivity index is 3.11. The molecular weight excluding hydrogens is 311 g/mol. The molecule has 0 spiro atoms. The number of thioether (sulfide) groups is 1. The Labute approximate surface area is 121 Å². The summed E-state index contributed by atoms with van der Waals surface area (Å²) in [4.78, 5) is -0.464. The third-order valence-electron chi connectivity index (χ3n) is 2.55. The molecule has 0 fully saturated rings. The average molecular weight is 327 g/mol. The molecule has 1 atom stereocenters. The molecule has 108 valence electrons. The van der Waals surface area contributed by atoms with E-state index < -0.39 is 20.7 Å². The quantitative estimate of drug-likeness (QED) is 0.838. The lowest BCUT2D eigenvalue weighted by atomic mass is 10.2. The van der Waals surface area contributed by atoms with Gasteiger partial charge in [0, 0.05) is 28.9 Å². The summed E-state index contributed by atoms with van der Waals surface area (Å²) in [6.07, 6.45) is 1.87. The van der Waals surface area contributed by atoms with E-state index >= 15 is 0 Å². The highest BCUT2D eigenvalue weighted by Crippen LogP contribution is 2.23. The molecule has 0 aromatic heterocycles. The van der Waals surface area contributed by atoms with Crippen molar-refractivity contribution in [2.24, 2.45) is 5.73 Å². The molecule has 19 heavy (non-hydrogen) atoms. The van der Waals surface area contributed by atoms with Crippen molar-refractivity contribution in [2.75, 3.05) is 12.8 Å². The number of sulfonamides is 1. The first-order valence-electron chi connectivity index (χ1n) is 5.52. The summed E-state index contributed by atoms with van der Waals surface area (Å²) in [5, 5.41) is 0.228. The standard InChI is InChI=1S/C11H16ClFN2O2S2/c1-7(18-2)6-15-19(16,17)10-4-9(12)3-8(5-14)11(10)13/h3-4,7,15H,5-6,14H2,1-2H3. The summed E-state index contributed by atoms with van der Waals surface area (Å²) in [6, 6.07) is 2.41. The molecule has 0 saturated heterocycles. The predicted octanol–water partition coefficient (Wildman–Crippen LogP) is 1.97. The van der Waals surface area contributed by atoms with Crippen LogP contribution < -0.4 is 10.5 Å². The average Bonchev–Trinajstić information content (AvgIpc) is 2.38. The molecule has 0 saturated carbocycles. The Bertz CT molecular complexity index is 552. The Morgan fingerprint density at radius 3 is 2.68 bits per heavy atom. The van der Waals surface area contributed by atoms with Crippen molar-refractivity contribution in [1.29, 1.82) is 0 Å². The van der Waals surface area contributed by atoms with Crippen molar-refractivity contribution in [2.45, 2.75) is 23.6 Å². The summed E-state index contributed by atoms with van der Waals surface area (Å²) in [5.74, 6) is -0.851. The maximum atomic E-state index is 14.0. The van der Waals surface area contributed by atoms with E-state index in [1.54, 1.807) is 0 Å². The molecule has 0 aliphatic carbocycles. The molecule has 1 unspecified atom stereocenters. The van der Waals surface area contributed by atoms with Crippen LogP contribution in [0.1, 0.15) is 12.5 Å². The van der Waals surface area contributed by atoms with E-state index in [9.17, 15) is 12.8 Å². The number of benzene rings is 1. The smallest absolute Gasteiger partial charge is 0.243 e.